The molecule has 4 heterocycles. The van der Waals surface area contributed by atoms with Crippen molar-refractivity contribution in [3.63, 3.8) is 0 Å². The lowest BCUT2D eigenvalue weighted by molar-refractivity contribution is -0.131. The zero-order chi connectivity index (χ0) is 30.1. The number of amides is 2. The van der Waals surface area contributed by atoms with Crippen LogP contribution in [0.25, 0.3) is 32.7 Å². The minimum absolute atomic E-state index is 0.185. The summed E-state index contributed by atoms with van der Waals surface area (Å²) in [5, 5.41) is 9.38. The highest BCUT2D eigenvalue weighted by atomic mass is 16.5. The van der Waals surface area contributed by atoms with Gasteiger partial charge in [-0.1, -0.05) is 54.6 Å². The van der Waals surface area contributed by atoms with Crippen LogP contribution in [-0.4, -0.2) is 52.6 Å². The average molecular weight is 588 g/mol. The molecule has 6 aromatic rings. The Morgan fingerprint density at radius 2 is 1.32 bits per heavy atom. The Morgan fingerprint density at radius 3 is 1.93 bits per heavy atom. The number of carbonyl (C=O) groups is 2. The fraction of sp³-hybridized carbons (Fsp3) is 0.278. The standard InChI is InChI=1S/C36H37N5O3/c1-36(28-21-38-31-12-6-3-9-26(28)31,29-22-39-32-13-7-4-10-27(29)32)35(43)41-33(34(42)40-19-23-14-16-44-17-15-23)18-24-20-37-30-11-5-2-8-25(24)30/h2-13,20-23,33,37-39H,14-19H2,1H3,(H,40,42)(H,41,43)/t33-/m0/s1. The Kier molecular flexibility index (Phi) is 7.44. The van der Waals surface area contributed by atoms with Crippen molar-refractivity contribution in [3.05, 3.63) is 108 Å². The van der Waals surface area contributed by atoms with E-state index in [1.165, 1.54) is 0 Å². The molecular weight excluding hydrogens is 550 g/mol. The van der Waals surface area contributed by atoms with Gasteiger partial charge in [0.25, 0.3) is 0 Å². The Bertz CT molecular complexity index is 1870. The summed E-state index contributed by atoms with van der Waals surface area (Å²) in [7, 11) is 0. The second kappa shape index (κ2) is 11.7. The number of carbonyl (C=O) groups excluding carboxylic acids is 2. The summed E-state index contributed by atoms with van der Waals surface area (Å²) in [6.45, 7) is 3.94. The van der Waals surface area contributed by atoms with E-state index in [0.29, 0.717) is 32.1 Å². The highest BCUT2D eigenvalue weighted by molar-refractivity contribution is 6.03. The van der Waals surface area contributed by atoms with Crippen molar-refractivity contribution in [2.24, 2.45) is 5.92 Å². The van der Waals surface area contributed by atoms with Crippen molar-refractivity contribution in [3.8, 4) is 0 Å². The highest BCUT2D eigenvalue weighted by Crippen LogP contribution is 2.40. The summed E-state index contributed by atoms with van der Waals surface area (Å²) in [6, 6.07) is 23.3. The van der Waals surface area contributed by atoms with Gasteiger partial charge in [-0.25, -0.2) is 0 Å². The highest BCUT2D eigenvalue weighted by Gasteiger charge is 2.42. The molecule has 3 aromatic carbocycles. The fourth-order valence-corrected chi connectivity index (χ4v) is 6.71. The van der Waals surface area contributed by atoms with E-state index in [2.05, 4.69) is 25.6 Å². The Morgan fingerprint density at radius 1 is 0.795 bits per heavy atom. The van der Waals surface area contributed by atoms with Gasteiger partial charge >= 0.3 is 0 Å². The van der Waals surface area contributed by atoms with E-state index in [1.807, 2.05) is 98.3 Å². The quantitative estimate of drug-likeness (QED) is 0.149. The molecule has 1 saturated heterocycles. The average Bonchev–Trinajstić information content (AvgIpc) is 3.81. The van der Waals surface area contributed by atoms with Crippen molar-refractivity contribution in [1.82, 2.24) is 25.6 Å². The van der Waals surface area contributed by atoms with Gasteiger partial charge in [0.1, 0.15) is 11.5 Å². The predicted molar refractivity (Wildman–Crippen MR) is 174 cm³/mol. The van der Waals surface area contributed by atoms with Crippen molar-refractivity contribution in [1.29, 1.82) is 0 Å². The number of benzene rings is 3. The van der Waals surface area contributed by atoms with Gasteiger partial charge in [-0.05, 0) is 60.6 Å². The summed E-state index contributed by atoms with van der Waals surface area (Å²) < 4.78 is 5.51. The van der Waals surface area contributed by atoms with E-state index in [4.69, 9.17) is 4.74 Å². The molecule has 1 fully saturated rings. The molecule has 224 valence electrons. The maximum atomic E-state index is 14.8. The first kappa shape index (κ1) is 28.0. The van der Waals surface area contributed by atoms with E-state index in [-0.39, 0.29) is 11.8 Å². The number of fused-ring (bicyclic) bond motifs is 3. The lowest BCUT2D eigenvalue weighted by atomic mass is 9.75. The van der Waals surface area contributed by atoms with Gasteiger partial charge in [0, 0.05) is 77.5 Å². The molecule has 3 aromatic heterocycles. The smallest absolute Gasteiger partial charge is 0.242 e. The zero-order valence-electron chi connectivity index (χ0n) is 24.8. The monoisotopic (exact) mass is 587 g/mol. The van der Waals surface area contributed by atoms with Gasteiger partial charge in [-0.2, -0.15) is 0 Å². The molecule has 0 radical (unpaired) electrons. The normalized spacial score (nSPS) is 15.1. The molecule has 8 nitrogen and oxygen atoms in total. The summed E-state index contributed by atoms with van der Waals surface area (Å²) in [5.74, 6) is -0.0618. The largest absolute Gasteiger partial charge is 0.381 e. The number of hydrogen-bond acceptors (Lipinski definition) is 3. The molecule has 2 amide bonds. The summed E-state index contributed by atoms with van der Waals surface area (Å²) in [4.78, 5) is 38.8. The number of para-hydroxylation sites is 3. The van der Waals surface area contributed by atoms with Crippen molar-refractivity contribution >= 4 is 44.5 Å². The third-order valence-electron chi connectivity index (χ3n) is 9.34. The van der Waals surface area contributed by atoms with Crippen LogP contribution in [0.15, 0.2) is 91.4 Å². The number of aromatic amines is 3. The van der Waals surface area contributed by atoms with Gasteiger partial charge in [0.05, 0.1) is 0 Å². The maximum absolute atomic E-state index is 14.8. The van der Waals surface area contributed by atoms with Crippen LogP contribution in [0.1, 0.15) is 36.5 Å². The number of aromatic nitrogens is 3. The lowest BCUT2D eigenvalue weighted by Gasteiger charge is -2.31. The number of rotatable bonds is 9. The van der Waals surface area contributed by atoms with Crippen LogP contribution in [0.5, 0.6) is 0 Å². The first-order valence-electron chi connectivity index (χ1n) is 15.4. The van der Waals surface area contributed by atoms with Gasteiger partial charge in [0.2, 0.25) is 11.8 Å². The van der Waals surface area contributed by atoms with Crippen LogP contribution in [0.2, 0.25) is 0 Å². The Labute approximate surface area is 255 Å². The lowest BCUT2D eigenvalue weighted by Crippen LogP contribution is -2.54. The molecule has 1 aliphatic rings. The summed E-state index contributed by atoms with van der Waals surface area (Å²) in [6.07, 6.45) is 7.97. The van der Waals surface area contributed by atoms with Gasteiger partial charge < -0.3 is 30.3 Å². The number of ether oxygens (including phenoxy) is 1. The topological polar surface area (TPSA) is 115 Å². The van der Waals surface area contributed by atoms with Gasteiger partial charge in [-0.15, -0.1) is 0 Å². The molecule has 8 heteroatoms. The Balaban J connectivity index is 1.27. The van der Waals surface area contributed by atoms with Crippen molar-refractivity contribution in [2.75, 3.05) is 19.8 Å². The SMILES string of the molecule is CC(C(=O)N[C@@H](Cc1c[nH]c2ccccc12)C(=O)NCC1CCOCC1)(c1c[nH]c2ccccc12)c1c[nH]c2ccccc12. The molecule has 7 rings (SSSR count). The number of nitrogens with one attached hydrogen (secondary N) is 5. The molecular formula is C36H37N5O3. The van der Waals surface area contributed by atoms with Crippen LogP contribution in [0.3, 0.4) is 0 Å². The van der Waals surface area contributed by atoms with E-state index in [0.717, 1.165) is 62.2 Å². The van der Waals surface area contributed by atoms with E-state index < -0.39 is 11.5 Å². The first-order chi connectivity index (χ1) is 21.5. The van der Waals surface area contributed by atoms with Gasteiger partial charge in [0.15, 0.2) is 0 Å². The summed E-state index contributed by atoms with van der Waals surface area (Å²) in [5.41, 5.74) is 4.47. The van der Waals surface area contributed by atoms with Crippen molar-refractivity contribution in [2.45, 2.75) is 37.6 Å². The molecule has 0 unspecified atom stereocenters. The van der Waals surface area contributed by atoms with Crippen LogP contribution in [0.4, 0.5) is 0 Å². The predicted octanol–water partition coefficient (Wildman–Crippen LogP) is 5.71. The van der Waals surface area contributed by atoms with Crippen LogP contribution >= 0.6 is 0 Å². The third-order valence-corrected chi connectivity index (χ3v) is 9.34. The minimum atomic E-state index is -1.11. The Hall–Kier alpha value is -4.82. The fourth-order valence-electron chi connectivity index (χ4n) is 6.71. The van der Waals surface area contributed by atoms with Crippen molar-refractivity contribution < 1.29 is 14.3 Å². The zero-order valence-corrected chi connectivity index (χ0v) is 24.8. The number of hydrogen-bond donors (Lipinski definition) is 5. The molecule has 1 atom stereocenters. The van der Waals surface area contributed by atoms with Crippen LogP contribution in [-0.2, 0) is 26.2 Å². The number of H-pyrrole nitrogens is 3. The second-order valence-corrected chi connectivity index (χ2v) is 12.0. The maximum Gasteiger partial charge on any atom is 0.242 e. The molecule has 0 aliphatic carbocycles. The van der Waals surface area contributed by atoms with E-state index >= 15 is 0 Å². The molecule has 0 saturated carbocycles. The molecule has 0 bridgehead atoms. The molecule has 0 spiro atoms. The summed E-state index contributed by atoms with van der Waals surface area (Å²) >= 11 is 0. The van der Waals surface area contributed by atoms with E-state index in [1.54, 1.807) is 0 Å². The second-order valence-electron chi connectivity index (χ2n) is 12.0. The molecule has 44 heavy (non-hydrogen) atoms. The van der Waals surface area contributed by atoms with Crippen LogP contribution in [0, 0.1) is 5.92 Å². The first-order valence-corrected chi connectivity index (χ1v) is 15.4. The van der Waals surface area contributed by atoms with E-state index in [9.17, 15) is 9.59 Å². The molecule has 1 aliphatic heterocycles. The van der Waals surface area contributed by atoms with Gasteiger partial charge in [-0.3, -0.25) is 9.59 Å². The minimum Gasteiger partial charge on any atom is -0.381 e. The van der Waals surface area contributed by atoms with Crippen LogP contribution < -0.4 is 10.6 Å². The molecule has 5 N–H and O–H groups in total. The third kappa shape index (κ3) is 5.05.